The van der Waals surface area contributed by atoms with Crippen molar-refractivity contribution in [3.8, 4) is 0 Å². The third kappa shape index (κ3) is 4.59. The second-order valence-corrected chi connectivity index (χ2v) is 9.82. The Morgan fingerprint density at radius 3 is 2.24 bits per heavy atom. The molecule has 0 bridgehead atoms. The number of piperidine rings is 1. The summed E-state index contributed by atoms with van der Waals surface area (Å²) in [6, 6.07) is 3.68. The molecule has 218 valence electrons. The number of benzene rings is 2. The van der Waals surface area contributed by atoms with Crippen LogP contribution in [0.15, 0.2) is 36.4 Å². The maximum absolute atomic E-state index is 14.3. The Bertz CT molecular complexity index is 1640. The molecular weight excluding hydrogens is 568 g/mol. The van der Waals surface area contributed by atoms with Crippen molar-refractivity contribution in [2.45, 2.75) is 49.7 Å². The summed E-state index contributed by atoms with van der Waals surface area (Å²) >= 11 is 0. The number of hydrogen-bond donors (Lipinski definition) is 2. The average Bonchev–Trinajstić information content (AvgIpc) is 3.34. The van der Waals surface area contributed by atoms with Crippen molar-refractivity contribution >= 4 is 28.4 Å². The summed E-state index contributed by atoms with van der Waals surface area (Å²) in [6.07, 6.45) is -11.2. The average molecular weight is 588 g/mol. The summed E-state index contributed by atoms with van der Waals surface area (Å²) < 4.78 is 109. The molecule has 0 spiro atoms. The van der Waals surface area contributed by atoms with Crippen LogP contribution in [0, 0.1) is 11.6 Å². The first-order valence-electron chi connectivity index (χ1n) is 12.1. The SMILES string of the molecule is C[C@H]1CC[C@@H](c2nc3c4cc(F)cc(F)c4nc(N)n3n2)CN1C(=O)c1ccc(C(O)(C(F)(F)F)C(F)(F)F)cc1. The van der Waals surface area contributed by atoms with Gasteiger partial charge in [-0.2, -0.15) is 30.9 Å². The van der Waals surface area contributed by atoms with Gasteiger partial charge in [-0.15, -0.1) is 5.10 Å². The lowest BCUT2D eigenvalue weighted by molar-refractivity contribution is -0.376. The molecule has 3 N–H and O–H groups in total. The van der Waals surface area contributed by atoms with Crippen LogP contribution in [0.2, 0.25) is 0 Å². The summed E-state index contributed by atoms with van der Waals surface area (Å²) in [5.74, 6) is -3.02. The van der Waals surface area contributed by atoms with E-state index in [-0.39, 0.29) is 46.5 Å². The molecule has 5 rings (SSSR count). The number of alkyl halides is 6. The number of aromatic nitrogens is 4. The minimum absolute atomic E-state index is 0.0155. The molecule has 2 aromatic heterocycles. The molecule has 1 fully saturated rings. The zero-order chi connectivity index (χ0) is 30.1. The number of halogens is 8. The van der Waals surface area contributed by atoms with Gasteiger partial charge in [-0.3, -0.25) is 4.79 Å². The van der Waals surface area contributed by atoms with Gasteiger partial charge in [0.25, 0.3) is 11.5 Å². The van der Waals surface area contributed by atoms with Gasteiger partial charge in [0.1, 0.15) is 11.3 Å². The van der Waals surface area contributed by atoms with E-state index < -0.39 is 47.0 Å². The lowest BCUT2D eigenvalue weighted by Gasteiger charge is -2.37. The fraction of sp³-hybridized carbons (Fsp3) is 0.360. The number of carbonyl (C=O) groups is 1. The van der Waals surface area contributed by atoms with Crippen LogP contribution >= 0.6 is 0 Å². The molecule has 8 nitrogen and oxygen atoms in total. The van der Waals surface area contributed by atoms with Crippen LogP contribution in [-0.4, -0.2) is 60.4 Å². The van der Waals surface area contributed by atoms with Crippen molar-refractivity contribution < 1.29 is 45.0 Å². The van der Waals surface area contributed by atoms with E-state index in [1.54, 1.807) is 6.92 Å². The first-order valence-corrected chi connectivity index (χ1v) is 12.1. The van der Waals surface area contributed by atoms with Gasteiger partial charge in [0.05, 0.1) is 5.39 Å². The van der Waals surface area contributed by atoms with Crippen molar-refractivity contribution in [1.82, 2.24) is 24.5 Å². The predicted octanol–water partition coefficient (Wildman–Crippen LogP) is 4.86. The quantitative estimate of drug-likeness (QED) is 0.331. The molecule has 1 amide bonds. The van der Waals surface area contributed by atoms with Crippen LogP contribution in [-0.2, 0) is 5.60 Å². The van der Waals surface area contributed by atoms with Crippen LogP contribution in [0.4, 0.5) is 41.1 Å². The molecule has 2 aromatic carbocycles. The summed E-state index contributed by atoms with van der Waals surface area (Å²) in [7, 11) is 0. The maximum atomic E-state index is 14.3. The number of fused-ring (bicyclic) bond motifs is 3. The molecule has 4 aromatic rings. The van der Waals surface area contributed by atoms with E-state index in [1.807, 2.05) is 0 Å². The van der Waals surface area contributed by atoms with Gasteiger partial charge in [-0.1, -0.05) is 12.1 Å². The number of nitrogens with two attached hydrogens (primary N) is 1. The number of nitrogen functional groups attached to an aromatic ring is 1. The summed E-state index contributed by atoms with van der Waals surface area (Å²) in [4.78, 5) is 23.0. The lowest BCUT2D eigenvalue weighted by atomic mass is 9.90. The molecule has 1 aliphatic rings. The van der Waals surface area contributed by atoms with Crippen molar-refractivity contribution in [2.75, 3.05) is 12.3 Å². The Balaban J connectivity index is 1.45. The van der Waals surface area contributed by atoms with Gasteiger partial charge in [0.15, 0.2) is 17.3 Å². The van der Waals surface area contributed by atoms with E-state index in [9.17, 15) is 45.0 Å². The fourth-order valence-corrected chi connectivity index (χ4v) is 4.96. The van der Waals surface area contributed by atoms with Gasteiger partial charge in [0.2, 0.25) is 5.95 Å². The van der Waals surface area contributed by atoms with Crippen molar-refractivity contribution in [2.24, 2.45) is 0 Å². The molecule has 3 heterocycles. The highest BCUT2D eigenvalue weighted by Crippen LogP contribution is 2.50. The third-order valence-electron chi connectivity index (χ3n) is 7.21. The maximum Gasteiger partial charge on any atom is 0.430 e. The van der Waals surface area contributed by atoms with E-state index in [2.05, 4.69) is 15.1 Å². The Morgan fingerprint density at radius 2 is 1.63 bits per heavy atom. The second-order valence-electron chi connectivity index (χ2n) is 9.82. The Labute approximate surface area is 225 Å². The highest BCUT2D eigenvalue weighted by atomic mass is 19.4. The van der Waals surface area contributed by atoms with Crippen LogP contribution < -0.4 is 5.73 Å². The monoisotopic (exact) mass is 588 g/mol. The number of aliphatic hydroxyl groups is 1. The van der Waals surface area contributed by atoms with Crippen molar-refractivity contribution in [1.29, 1.82) is 0 Å². The highest BCUT2D eigenvalue weighted by Gasteiger charge is 2.71. The lowest BCUT2D eigenvalue weighted by Crippen LogP contribution is -2.53. The molecule has 0 aliphatic carbocycles. The van der Waals surface area contributed by atoms with Gasteiger partial charge >= 0.3 is 12.4 Å². The van der Waals surface area contributed by atoms with Crippen molar-refractivity contribution in [3.63, 3.8) is 0 Å². The predicted molar refractivity (Wildman–Crippen MR) is 128 cm³/mol. The topological polar surface area (TPSA) is 110 Å². The standard InChI is InChI=1S/C25H20F8N6O2/c1-11-2-3-13(19-36-20-16-8-15(26)9-17(27)18(16)35-22(34)39(20)37-19)10-38(11)21(40)12-4-6-14(7-5-12)23(41,24(28,29)30)25(31,32)33/h4-9,11,13,41H,2-3,10H2,1H3,(H2,34,35)/t11-,13+/m0/s1. The first-order chi connectivity index (χ1) is 19.0. The van der Waals surface area contributed by atoms with E-state index in [1.165, 1.54) is 4.90 Å². The number of hydrogen-bond acceptors (Lipinski definition) is 6. The number of likely N-dealkylation sites (tertiary alicyclic amines) is 1. The molecular formula is C25H20F8N6O2. The van der Waals surface area contributed by atoms with Crippen molar-refractivity contribution in [3.05, 3.63) is 65.0 Å². The molecule has 0 unspecified atom stereocenters. The van der Waals surface area contributed by atoms with E-state index in [4.69, 9.17) is 5.73 Å². The first kappa shape index (κ1) is 28.4. The minimum atomic E-state index is -6.06. The number of rotatable bonds is 3. The number of anilines is 1. The zero-order valence-corrected chi connectivity index (χ0v) is 20.9. The van der Waals surface area contributed by atoms with Crippen LogP contribution in [0.5, 0.6) is 0 Å². The molecule has 0 radical (unpaired) electrons. The summed E-state index contributed by atoms with van der Waals surface area (Å²) in [5.41, 5.74) is -1.08. The largest absolute Gasteiger partial charge is 0.430 e. The van der Waals surface area contributed by atoms with Gasteiger partial charge in [-0.25, -0.2) is 18.7 Å². The smallest absolute Gasteiger partial charge is 0.369 e. The van der Waals surface area contributed by atoms with Gasteiger partial charge in [-0.05, 0) is 38.0 Å². The van der Waals surface area contributed by atoms with Gasteiger partial charge < -0.3 is 15.7 Å². The molecule has 1 saturated heterocycles. The van der Waals surface area contributed by atoms with Crippen LogP contribution in [0.3, 0.4) is 0 Å². The Hall–Kier alpha value is -4.08. The van der Waals surface area contributed by atoms with E-state index in [0.29, 0.717) is 31.0 Å². The fourth-order valence-electron chi connectivity index (χ4n) is 4.96. The molecule has 2 atom stereocenters. The minimum Gasteiger partial charge on any atom is -0.369 e. The summed E-state index contributed by atoms with van der Waals surface area (Å²) in [6.45, 7) is 1.73. The van der Waals surface area contributed by atoms with E-state index >= 15 is 0 Å². The number of amides is 1. The third-order valence-corrected chi connectivity index (χ3v) is 7.21. The summed E-state index contributed by atoms with van der Waals surface area (Å²) in [5, 5.41) is 13.9. The Morgan fingerprint density at radius 1 is 1.00 bits per heavy atom. The highest BCUT2D eigenvalue weighted by molar-refractivity contribution is 5.95. The zero-order valence-electron chi connectivity index (χ0n) is 20.9. The molecule has 41 heavy (non-hydrogen) atoms. The normalized spacial score (nSPS) is 18.8. The number of nitrogens with zero attached hydrogens (tertiary/aromatic N) is 5. The Kier molecular flexibility index (Phi) is 6.59. The molecule has 16 heteroatoms. The molecule has 1 aliphatic heterocycles. The van der Waals surface area contributed by atoms with Crippen LogP contribution in [0.1, 0.15) is 47.4 Å². The van der Waals surface area contributed by atoms with Gasteiger partial charge in [0, 0.05) is 35.7 Å². The second kappa shape index (κ2) is 9.49. The van der Waals surface area contributed by atoms with E-state index in [0.717, 1.165) is 22.7 Å². The molecule has 0 saturated carbocycles. The van der Waals surface area contributed by atoms with Crippen LogP contribution in [0.25, 0.3) is 16.6 Å². The number of carbonyl (C=O) groups excluding carboxylic acids is 1.